The van der Waals surface area contributed by atoms with Gasteiger partial charge in [0.15, 0.2) is 5.96 Å². The van der Waals surface area contributed by atoms with Gasteiger partial charge < -0.3 is 20.1 Å². The van der Waals surface area contributed by atoms with Crippen LogP contribution in [0, 0.1) is 5.92 Å². The molecule has 1 heterocycles. The van der Waals surface area contributed by atoms with Gasteiger partial charge in [0.1, 0.15) is 0 Å². The van der Waals surface area contributed by atoms with Crippen LogP contribution >= 0.6 is 0 Å². The van der Waals surface area contributed by atoms with Gasteiger partial charge in [-0.15, -0.1) is 0 Å². The monoisotopic (exact) mass is 404 g/mol. The zero-order valence-electron chi connectivity index (χ0n) is 18.2. The number of aromatic carboxylic acids is 1. The lowest BCUT2D eigenvalue weighted by Crippen LogP contribution is -2.53. The van der Waals surface area contributed by atoms with Gasteiger partial charge in [0.25, 0.3) is 0 Å². The smallest absolute Gasteiger partial charge is 0.335 e. The highest BCUT2D eigenvalue weighted by Gasteiger charge is 2.23. The molecule has 0 radical (unpaired) electrons. The van der Waals surface area contributed by atoms with E-state index in [1.165, 1.54) is 6.42 Å². The Morgan fingerprint density at radius 3 is 2.38 bits per heavy atom. The number of hydrogen-bond donors (Lipinski definition) is 2. The number of benzene rings is 1. The molecule has 7 nitrogen and oxygen atoms in total. The van der Waals surface area contributed by atoms with Crippen LogP contribution in [0.15, 0.2) is 29.3 Å². The second kappa shape index (κ2) is 11.8. The Balaban J connectivity index is 2.01. The number of carbonyl (C=O) groups is 1. The van der Waals surface area contributed by atoms with Gasteiger partial charge >= 0.3 is 5.97 Å². The molecule has 2 N–H and O–H groups in total. The number of anilines is 1. The Hall–Kier alpha value is -2.12. The number of aliphatic imine (C=N–C) groups is 1. The minimum absolute atomic E-state index is 0.280. The lowest BCUT2D eigenvalue weighted by Gasteiger charge is -2.40. The van der Waals surface area contributed by atoms with E-state index in [9.17, 15) is 4.79 Å². The highest BCUT2D eigenvalue weighted by Crippen LogP contribution is 2.16. The van der Waals surface area contributed by atoms with Crippen LogP contribution in [-0.4, -0.2) is 79.3 Å². The second-order valence-corrected chi connectivity index (χ2v) is 8.06. The first-order valence-electron chi connectivity index (χ1n) is 10.5. The first kappa shape index (κ1) is 23.2. The Labute approximate surface area is 174 Å². The number of carboxylic acids is 1. The molecule has 2 rings (SSSR count). The maximum Gasteiger partial charge on any atom is 0.335 e. The van der Waals surface area contributed by atoms with Crippen LogP contribution in [0.5, 0.6) is 0 Å². The Kier molecular flexibility index (Phi) is 9.41. The van der Waals surface area contributed by atoms with Crippen molar-refractivity contribution in [3.63, 3.8) is 0 Å². The number of rotatable bonds is 9. The van der Waals surface area contributed by atoms with Crippen molar-refractivity contribution in [2.24, 2.45) is 10.9 Å². The quantitative estimate of drug-likeness (QED) is 0.374. The standard InChI is InChI=1S/C22H36N4O3/c1-17(2)16-18(3)25-11-13-26(14-12-25)22(23-10-5-15-29-4)24-20-8-6-19(7-9-20)21(27)28/h6-9,17-18H,5,10-16H2,1-4H3,(H,23,24)(H,27,28)/t18-/m0/s1. The predicted octanol–water partition coefficient (Wildman–Crippen LogP) is 3.24. The fourth-order valence-electron chi connectivity index (χ4n) is 3.64. The maximum atomic E-state index is 11.1. The fraction of sp³-hybridized carbons (Fsp3) is 0.636. The van der Waals surface area contributed by atoms with Crippen molar-refractivity contribution in [3.05, 3.63) is 29.8 Å². The van der Waals surface area contributed by atoms with Crippen molar-refractivity contribution >= 4 is 17.6 Å². The summed E-state index contributed by atoms with van der Waals surface area (Å²) in [6.45, 7) is 12.1. The van der Waals surface area contributed by atoms with E-state index in [-0.39, 0.29) is 5.56 Å². The molecule has 0 unspecified atom stereocenters. The molecule has 0 aliphatic carbocycles. The molecule has 1 atom stereocenters. The second-order valence-electron chi connectivity index (χ2n) is 8.06. The van der Waals surface area contributed by atoms with Gasteiger partial charge in [-0.3, -0.25) is 9.89 Å². The van der Waals surface area contributed by atoms with Crippen molar-refractivity contribution < 1.29 is 14.6 Å². The summed E-state index contributed by atoms with van der Waals surface area (Å²) >= 11 is 0. The zero-order valence-corrected chi connectivity index (χ0v) is 18.2. The molecule has 1 aromatic carbocycles. The van der Waals surface area contributed by atoms with Crippen molar-refractivity contribution in [3.8, 4) is 0 Å². The SMILES string of the molecule is COCCCN=C(Nc1ccc(C(=O)O)cc1)N1CCN([C@@H](C)CC(C)C)CC1. The van der Waals surface area contributed by atoms with Crippen molar-refractivity contribution in [1.82, 2.24) is 9.80 Å². The number of methoxy groups -OCH3 is 1. The number of carboxylic acid groups (broad SMARTS) is 1. The molecule has 1 saturated heterocycles. The third-order valence-corrected chi connectivity index (χ3v) is 5.21. The van der Waals surface area contributed by atoms with Crippen LogP contribution in [-0.2, 0) is 4.74 Å². The van der Waals surface area contributed by atoms with E-state index >= 15 is 0 Å². The molecule has 1 fully saturated rings. The molecule has 162 valence electrons. The molecular weight excluding hydrogens is 368 g/mol. The van der Waals surface area contributed by atoms with Gasteiger partial charge in [-0.25, -0.2) is 4.79 Å². The lowest BCUT2D eigenvalue weighted by atomic mass is 10.0. The van der Waals surface area contributed by atoms with Crippen molar-refractivity contribution in [2.75, 3.05) is 51.8 Å². The number of piperazine rings is 1. The molecule has 1 aliphatic heterocycles. The highest BCUT2D eigenvalue weighted by atomic mass is 16.5. The Bertz CT molecular complexity index is 653. The zero-order chi connectivity index (χ0) is 21.2. The molecule has 1 aromatic rings. The van der Waals surface area contributed by atoms with Crippen LogP contribution in [0.2, 0.25) is 0 Å². The summed E-state index contributed by atoms with van der Waals surface area (Å²) in [6.07, 6.45) is 2.08. The maximum absolute atomic E-state index is 11.1. The largest absolute Gasteiger partial charge is 0.478 e. The highest BCUT2D eigenvalue weighted by molar-refractivity contribution is 5.94. The molecule has 29 heavy (non-hydrogen) atoms. The fourth-order valence-corrected chi connectivity index (χ4v) is 3.64. The third kappa shape index (κ3) is 7.66. The number of guanidine groups is 1. The van der Waals surface area contributed by atoms with Gasteiger partial charge in [-0.1, -0.05) is 13.8 Å². The van der Waals surface area contributed by atoms with E-state index in [1.807, 2.05) is 0 Å². The topological polar surface area (TPSA) is 77.4 Å². The summed E-state index contributed by atoms with van der Waals surface area (Å²) in [5, 5.41) is 12.5. The lowest BCUT2D eigenvalue weighted by molar-refractivity contribution is 0.0697. The van der Waals surface area contributed by atoms with Gasteiger partial charge in [0, 0.05) is 58.2 Å². The summed E-state index contributed by atoms with van der Waals surface area (Å²) in [7, 11) is 1.70. The van der Waals surface area contributed by atoms with E-state index in [1.54, 1.807) is 31.4 Å². The number of nitrogens with one attached hydrogen (secondary N) is 1. The van der Waals surface area contributed by atoms with Crippen molar-refractivity contribution in [2.45, 2.75) is 39.7 Å². The van der Waals surface area contributed by atoms with E-state index in [2.05, 4.69) is 35.9 Å². The molecule has 0 bridgehead atoms. The van der Waals surface area contributed by atoms with E-state index in [4.69, 9.17) is 14.8 Å². The summed E-state index contributed by atoms with van der Waals surface area (Å²) in [4.78, 5) is 20.7. The first-order chi connectivity index (χ1) is 13.9. The summed E-state index contributed by atoms with van der Waals surface area (Å²) in [5.74, 6) is 0.633. The molecule has 7 heteroatoms. The van der Waals surface area contributed by atoms with Crippen LogP contribution in [0.3, 0.4) is 0 Å². The van der Waals surface area contributed by atoms with Crippen LogP contribution in [0.4, 0.5) is 5.69 Å². The van der Waals surface area contributed by atoms with Crippen LogP contribution in [0.1, 0.15) is 44.0 Å². The van der Waals surface area contributed by atoms with Gasteiger partial charge in [0.2, 0.25) is 0 Å². The summed E-state index contributed by atoms with van der Waals surface area (Å²) < 4.78 is 5.13. The molecule has 0 aromatic heterocycles. The van der Waals surface area contributed by atoms with Crippen LogP contribution in [0.25, 0.3) is 0 Å². The Morgan fingerprint density at radius 1 is 1.17 bits per heavy atom. The van der Waals surface area contributed by atoms with Crippen LogP contribution < -0.4 is 5.32 Å². The normalized spacial score (nSPS) is 16.9. The number of hydrogen-bond acceptors (Lipinski definition) is 4. The van der Waals surface area contributed by atoms with Crippen molar-refractivity contribution in [1.29, 1.82) is 0 Å². The number of nitrogens with zero attached hydrogens (tertiary/aromatic N) is 3. The molecule has 0 amide bonds. The average Bonchev–Trinajstić information content (AvgIpc) is 2.70. The average molecular weight is 405 g/mol. The molecule has 1 aliphatic rings. The van der Waals surface area contributed by atoms with Gasteiger partial charge in [0.05, 0.1) is 5.56 Å². The predicted molar refractivity (Wildman–Crippen MR) is 118 cm³/mol. The third-order valence-electron chi connectivity index (χ3n) is 5.21. The summed E-state index contributed by atoms with van der Waals surface area (Å²) in [6, 6.07) is 7.39. The number of ether oxygens (including phenoxy) is 1. The van der Waals surface area contributed by atoms with E-state index < -0.39 is 5.97 Å². The molecular formula is C22H36N4O3. The first-order valence-corrected chi connectivity index (χ1v) is 10.5. The minimum atomic E-state index is -0.920. The van der Waals surface area contributed by atoms with Gasteiger partial charge in [-0.2, -0.15) is 0 Å². The molecule has 0 saturated carbocycles. The Morgan fingerprint density at radius 2 is 1.83 bits per heavy atom. The minimum Gasteiger partial charge on any atom is -0.478 e. The van der Waals surface area contributed by atoms with Gasteiger partial charge in [-0.05, 0) is 49.9 Å². The van der Waals surface area contributed by atoms with E-state index in [0.717, 1.165) is 44.2 Å². The molecule has 0 spiro atoms. The summed E-state index contributed by atoms with van der Waals surface area (Å²) in [5.41, 5.74) is 1.12. The van der Waals surface area contributed by atoms with E-state index in [0.29, 0.717) is 25.1 Å².